The Balaban J connectivity index is 3.00. The molecule has 0 aromatic heterocycles. The second kappa shape index (κ2) is 4.09. The average molecular weight is 296 g/mol. The maximum Gasteiger partial charge on any atom is 0.221 e. The number of hydrogen-bond acceptors (Lipinski definition) is 1. The van der Waals surface area contributed by atoms with Crippen LogP contribution in [-0.2, 0) is 4.79 Å². The molecule has 0 fully saturated rings. The van der Waals surface area contributed by atoms with Crippen molar-refractivity contribution in [2.24, 2.45) is 0 Å². The third kappa shape index (κ3) is 2.35. The molecule has 0 heterocycles. The molecule has 0 unspecified atom stereocenters. The highest BCUT2D eigenvalue weighted by Gasteiger charge is 2.03. The summed E-state index contributed by atoms with van der Waals surface area (Å²) in [5.41, 5.74) is 0.760. The van der Waals surface area contributed by atoms with Gasteiger partial charge in [-0.25, -0.2) is 0 Å². The summed E-state index contributed by atoms with van der Waals surface area (Å²) in [5, 5.41) is 3.34. The summed E-state index contributed by atoms with van der Waals surface area (Å²) in [6.07, 6.45) is 0. The lowest BCUT2D eigenvalue weighted by atomic mass is 10.3. The van der Waals surface area contributed by atoms with Gasteiger partial charge in [-0.05, 0) is 34.7 Å². The Morgan fingerprint density at radius 1 is 1.58 bits per heavy atom. The fourth-order valence-electron chi connectivity index (χ4n) is 0.790. The standard InChI is InChI=1S/C8H7ClINO/c1-5(12)11-7-4-2-3-6(9)8(7)10/h2-4H,1H3,(H,11,12). The molecule has 0 atom stereocenters. The number of halogens is 2. The number of carbonyl (C=O) groups is 1. The van der Waals surface area contributed by atoms with E-state index in [0.29, 0.717) is 5.02 Å². The van der Waals surface area contributed by atoms with Gasteiger partial charge < -0.3 is 5.32 Å². The van der Waals surface area contributed by atoms with E-state index in [9.17, 15) is 4.79 Å². The van der Waals surface area contributed by atoms with E-state index in [-0.39, 0.29) is 5.91 Å². The van der Waals surface area contributed by atoms with Crippen LogP contribution in [0.1, 0.15) is 6.92 Å². The van der Waals surface area contributed by atoms with Gasteiger partial charge in [0, 0.05) is 6.92 Å². The SMILES string of the molecule is CC(=O)Nc1cccc(Cl)c1I. The lowest BCUT2D eigenvalue weighted by Crippen LogP contribution is -2.06. The number of amides is 1. The van der Waals surface area contributed by atoms with Crippen LogP contribution < -0.4 is 5.32 Å². The van der Waals surface area contributed by atoms with Crippen molar-refractivity contribution >= 4 is 45.8 Å². The van der Waals surface area contributed by atoms with Crippen molar-refractivity contribution in [1.29, 1.82) is 0 Å². The summed E-state index contributed by atoms with van der Waals surface area (Å²) in [7, 11) is 0. The molecular weight excluding hydrogens is 288 g/mol. The van der Waals surface area contributed by atoms with E-state index >= 15 is 0 Å². The van der Waals surface area contributed by atoms with Gasteiger partial charge in [-0.15, -0.1) is 0 Å². The smallest absolute Gasteiger partial charge is 0.221 e. The van der Waals surface area contributed by atoms with Gasteiger partial charge in [0.15, 0.2) is 0 Å². The van der Waals surface area contributed by atoms with Crippen molar-refractivity contribution in [2.75, 3.05) is 5.32 Å². The molecule has 4 heteroatoms. The van der Waals surface area contributed by atoms with Crippen molar-refractivity contribution in [2.45, 2.75) is 6.92 Å². The van der Waals surface area contributed by atoms with Gasteiger partial charge in [-0.1, -0.05) is 17.7 Å². The summed E-state index contributed by atoms with van der Waals surface area (Å²) >= 11 is 7.93. The zero-order valence-corrected chi connectivity index (χ0v) is 9.31. The van der Waals surface area contributed by atoms with Gasteiger partial charge in [0.25, 0.3) is 0 Å². The summed E-state index contributed by atoms with van der Waals surface area (Å²) in [6.45, 7) is 1.47. The van der Waals surface area contributed by atoms with Crippen molar-refractivity contribution in [3.63, 3.8) is 0 Å². The number of nitrogens with one attached hydrogen (secondary N) is 1. The summed E-state index contributed by atoms with van der Waals surface area (Å²) in [6, 6.07) is 5.40. The molecule has 0 radical (unpaired) electrons. The minimum atomic E-state index is -0.0878. The highest BCUT2D eigenvalue weighted by Crippen LogP contribution is 2.25. The van der Waals surface area contributed by atoms with E-state index in [4.69, 9.17) is 11.6 Å². The molecule has 0 saturated heterocycles. The monoisotopic (exact) mass is 295 g/mol. The highest BCUT2D eigenvalue weighted by molar-refractivity contribution is 14.1. The quantitative estimate of drug-likeness (QED) is 0.793. The van der Waals surface area contributed by atoms with Gasteiger partial charge in [0.05, 0.1) is 14.3 Å². The van der Waals surface area contributed by atoms with Crippen LogP contribution in [0.3, 0.4) is 0 Å². The number of hydrogen-bond donors (Lipinski definition) is 1. The fraction of sp³-hybridized carbons (Fsp3) is 0.125. The van der Waals surface area contributed by atoms with E-state index in [2.05, 4.69) is 27.9 Å². The molecule has 64 valence electrons. The Hall–Kier alpha value is -0.290. The van der Waals surface area contributed by atoms with Crippen LogP contribution >= 0.6 is 34.2 Å². The molecule has 12 heavy (non-hydrogen) atoms. The fourth-order valence-corrected chi connectivity index (χ4v) is 1.46. The van der Waals surface area contributed by atoms with E-state index in [1.54, 1.807) is 12.1 Å². The van der Waals surface area contributed by atoms with Gasteiger partial charge in [0.2, 0.25) is 5.91 Å². The summed E-state index contributed by atoms with van der Waals surface area (Å²) in [4.78, 5) is 10.7. The molecule has 0 aliphatic heterocycles. The van der Waals surface area contributed by atoms with Gasteiger partial charge >= 0.3 is 0 Å². The minimum Gasteiger partial charge on any atom is -0.325 e. The van der Waals surface area contributed by atoms with Crippen LogP contribution in [0.25, 0.3) is 0 Å². The molecule has 1 aromatic carbocycles. The predicted octanol–water partition coefficient (Wildman–Crippen LogP) is 2.90. The predicted molar refractivity (Wildman–Crippen MR) is 58.5 cm³/mol. The minimum absolute atomic E-state index is 0.0878. The Labute approximate surface area is 89.4 Å². The van der Waals surface area contributed by atoms with Crippen LogP contribution in [-0.4, -0.2) is 5.91 Å². The molecule has 1 aromatic rings. The first-order chi connectivity index (χ1) is 5.61. The zero-order chi connectivity index (χ0) is 9.14. The van der Waals surface area contributed by atoms with Crippen LogP contribution in [0.2, 0.25) is 5.02 Å². The molecular formula is C8H7ClINO. The normalized spacial score (nSPS) is 9.58. The Kier molecular flexibility index (Phi) is 3.34. The summed E-state index contributed by atoms with van der Waals surface area (Å²) in [5.74, 6) is -0.0878. The lowest BCUT2D eigenvalue weighted by Gasteiger charge is -2.05. The molecule has 1 N–H and O–H groups in total. The third-order valence-corrected chi connectivity index (χ3v) is 3.06. The van der Waals surface area contributed by atoms with Gasteiger partial charge in [-0.3, -0.25) is 4.79 Å². The topological polar surface area (TPSA) is 29.1 Å². The second-order valence-electron chi connectivity index (χ2n) is 2.28. The van der Waals surface area contributed by atoms with E-state index in [1.165, 1.54) is 6.92 Å². The maximum absolute atomic E-state index is 10.7. The number of rotatable bonds is 1. The van der Waals surface area contributed by atoms with Crippen LogP contribution in [0.15, 0.2) is 18.2 Å². The molecule has 1 amide bonds. The number of anilines is 1. The van der Waals surface area contributed by atoms with Gasteiger partial charge in [0.1, 0.15) is 0 Å². The Morgan fingerprint density at radius 2 is 2.25 bits per heavy atom. The van der Waals surface area contributed by atoms with Crippen LogP contribution in [0.5, 0.6) is 0 Å². The highest BCUT2D eigenvalue weighted by atomic mass is 127. The second-order valence-corrected chi connectivity index (χ2v) is 3.77. The van der Waals surface area contributed by atoms with E-state index in [1.807, 2.05) is 6.07 Å². The van der Waals surface area contributed by atoms with Gasteiger partial charge in [-0.2, -0.15) is 0 Å². The van der Waals surface area contributed by atoms with E-state index in [0.717, 1.165) is 9.26 Å². The van der Waals surface area contributed by atoms with E-state index < -0.39 is 0 Å². The molecule has 0 saturated carbocycles. The first-order valence-electron chi connectivity index (χ1n) is 3.33. The molecule has 0 bridgehead atoms. The largest absolute Gasteiger partial charge is 0.325 e. The van der Waals surface area contributed by atoms with Crippen molar-refractivity contribution in [3.05, 3.63) is 26.8 Å². The Morgan fingerprint density at radius 3 is 2.83 bits per heavy atom. The van der Waals surface area contributed by atoms with Crippen molar-refractivity contribution < 1.29 is 4.79 Å². The number of benzene rings is 1. The molecule has 2 nitrogen and oxygen atoms in total. The van der Waals surface area contributed by atoms with Crippen LogP contribution in [0.4, 0.5) is 5.69 Å². The lowest BCUT2D eigenvalue weighted by molar-refractivity contribution is -0.114. The zero-order valence-electron chi connectivity index (χ0n) is 6.40. The molecule has 1 rings (SSSR count). The number of carbonyl (C=O) groups excluding carboxylic acids is 1. The first kappa shape index (κ1) is 9.80. The molecule has 0 aliphatic carbocycles. The Bertz CT molecular complexity index is 314. The first-order valence-corrected chi connectivity index (χ1v) is 4.78. The average Bonchev–Trinajstić information content (AvgIpc) is 1.98. The van der Waals surface area contributed by atoms with Crippen molar-refractivity contribution in [3.8, 4) is 0 Å². The maximum atomic E-state index is 10.7. The van der Waals surface area contributed by atoms with Crippen LogP contribution in [0, 0.1) is 3.57 Å². The summed E-state index contributed by atoms with van der Waals surface area (Å²) < 4.78 is 0.868. The molecule has 0 aliphatic rings. The molecule has 0 spiro atoms. The van der Waals surface area contributed by atoms with Crippen molar-refractivity contribution in [1.82, 2.24) is 0 Å². The third-order valence-electron chi connectivity index (χ3n) is 1.26.